The van der Waals surface area contributed by atoms with E-state index in [4.69, 9.17) is 16.3 Å². The first kappa shape index (κ1) is 12.7. The van der Waals surface area contributed by atoms with Crippen LogP contribution in [0.2, 0.25) is 5.02 Å². The summed E-state index contributed by atoms with van der Waals surface area (Å²) in [5.41, 5.74) is 0. The predicted octanol–water partition coefficient (Wildman–Crippen LogP) is 2.66. The predicted molar refractivity (Wildman–Crippen MR) is 73.3 cm³/mol. The van der Waals surface area contributed by atoms with E-state index in [9.17, 15) is 4.79 Å². The summed E-state index contributed by atoms with van der Waals surface area (Å²) in [5, 5.41) is 0.650. The maximum atomic E-state index is 11.6. The van der Waals surface area contributed by atoms with Gasteiger partial charge in [-0.2, -0.15) is 0 Å². The Labute approximate surface area is 117 Å². The second-order valence-corrected chi connectivity index (χ2v) is 5.67. The zero-order valence-electron chi connectivity index (χ0n) is 10.7. The Kier molecular flexibility index (Phi) is 3.60. The van der Waals surface area contributed by atoms with Crippen molar-refractivity contribution in [3.63, 3.8) is 0 Å². The van der Waals surface area contributed by atoms with Gasteiger partial charge in [0.1, 0.15) is 11.9 Å². The zero-order chi connectivity index (χ0) is 13.2. The number of aromatic nitrogens is 1. The average Bonchev–Trinajstić information content (AvgIpc) is 3.25. The normalized spacial score (nSPS) is 20.4. The Hall–Kier alpha value is -1.29. The smallest absolute Gasteiger partial charge is 0.309 e. The van der Waals surface area contributed by atoms with Gasteiger partial charge in [0.05, 0.1) is 10.9 Å². The largest absolute Gasteiger partial charge is 0.462 e. The molecule has 5 heteroatoms. The molecule has 0 radical (unpaired) electrons. The van der Waals surface area contributed by atoms with Crippen molar-refractivity contribution < 1.29 is 9.53 Å². The summed E-state index contributed by atoms with van der Waals surface area (Å²) in [6, 6.07) is 3.78. The van der Waals surface area contributed by atoms with E-state index in [0.717, 1.165) is 44.6 Å². The van der Waals surface area contributed by atoms with Crippen LogP contribution in [0, 0.1) is 5.92 Å². The fraction of sp³-hybridized carbons (Fsp3) is 0.571. The number of rotatable bonds is 3. The van der Waals surface area contributed by atoms with Crippen molar-refractivity contribution in [1.29, 1.82) is 0 Å². The van der Waals surface area contributed by atoms with E-state index in [1.165, 1.54) is 0 Å². The topological polar surface area (TPSA) is 42.4 Å². The number of hydrogen-bond donors (Lipinski definition) is 0. The van der Waals surface area contributed by atoms with Gasteiger partial charge < -0.3 is 9.64 Å². The van der Waals surface area contributed by atoms with Gasteiger partial charge >= 0.3 is 5.97 Å². The van der Waals surface area contributed by atoms with Crippen molar-refractivity contribution in [2.45, 2.75) is 31.8 Å². The van der Waals surface area contributed by atoms with Crippen molar-refractivity contribution in [1.82, 2.24) is 4.98 Å². The van der Waals surface area contributed by atoms with Crippen LogP contribution < -0.4 is 4.90 Å². The van der Waals surface area contributed by atoms with Crippen LogP contribution >= 0.6 is 11.6 Å². The molecule has 0 N–H and O–H groups in total. The molecule has 3 rings (SSSR count). The lowest BCUT2D eigenvalue weighted by atomic mass is 10.1. The molecule has 1 aliphatic carbocycles. The minimum atomic E-state index is 0.00284. The van der Waals surface area contributed by atoms with Crippen LogP contribution in [-0.4, -0.2) is 30.1 Å². The van der Waals surface area contributed by atoms with Crippen LogP contribution in [-0.2, 0) is 9.53 Å². The third-order valence-electron chi connectivity index (χ3n) is 3.67. The molecule has 0 atom stereocenters. The Bertz CT molecular complexity index is 451. The summed E-state index contributed by atoms with van der Waals surface area (Å²) in [6.07, 6.45) is 5.51. The van der Waals surface area contributed by atoms with E-state index < -0.39 is 0 Å². The van der Waals surface area contributed by atoms with Crippen LogP contribution in [0.5, 0.6) is 0 Å². The molecule has 19 heavy (non-hydrogen) atoms. The maximum Gasteiger partial charge on any atom is 0.309 e. The molecular weight excluding hydrogens is 264 g/mol. The summed E-state index contributed by atoms with van der Waals surface area (Å²) in [4.78, 5) is 18.1. The molecule has 1 aromatic heterocycles. The molecule has 1 aliphatic heterocycles. The lowest BCUT2D eigenvalue weighted by Gasteiger charge is -2.32. The summed E-state index contributed by atoms with van der Waals surface area (Å²) in [6.45, 7) is 1.74. The van der Waals surface area contributed by atoms with Crippen LogP contribution in [0.15, 0.2) is 18.3 Å². The van der Waals surface area contributed by atoms with Gasteiger partial charge in [0, 0.05) is 32.1 Å². The third-order valence-corrected chi connectivity index (χ3v) is 3.89. The maximum absolute atomic E-state index is 11.6. The minimum absolute atomic E-state index is 0.00284. The second-order valence-electron chi connectivity index (χ2n) is 5.23. The number of carbonyl (C=O) groups excluding carboxylic acids is 1. The summed E-state index contributed by atoms with van der Waals surface area (Å²) >= 11 is 5.83. The Balaban J connectivity index is 1.51. The highest BCUT2D eigenvalue weighted by Crippen LogP contribution is 2.31. The van der Waals surface area contributed by atoms with Gasteiger partial charge in [-0.3, -0.25) is 4.79 Å². The number of hydrogen-bond acceptors (Lipinski definition) is 4. The van der Waals surface area contributed by atoms with Crippen molar-refractivity contribution >= 4 is 23.4 Å². The fourth-order valence-electron chi connectivity index (χ4n) is 2.34. The van der Waals surface area contributed by atoms with Gasteiger partial charge in [0.15, 0.2) is 0 Å². The Morgan fingerprint density at radius 1 is 1.26 bits per heavy atom. The number of piperidine rings is 1. The van der Waals surface area contributed by atoms with Gasteiger partial charge in [-0.15, -0.1) is 0 Å². The average molecular weight is 281 g/mol. The molecule has 4 nitrogen and oxygen atoms in total. The van der Waals surface area contributed by atoms with Crippen LogP contribution in [0.3, 0.4) is 0 Å². The van der Waals surface area contributed by atoms with Gasteiger partial charge in [-0.05, 0) is 25.0 Å². The van der Waals surface area contributed by atoms with E-state index in [0.29, 0.717) is 5.02 Å². The van der Waals surface area contributed by atoms with Gasteiger partial charge in [0.2, 0.25) is 0 Å². The van der Waals surface area contributed by atoms with Gasteiger partial charge in [-0.25, -0.2) is 4.98 Å². The van der Waals surface area contributed by atoms with E-state index in [1.807, 2.05) is 12.1 Å². The lowest BCUT2D eigenvalue weighted by Crippen LogP contribution is -2.38. The molecule has 0 aromatic carbocycles. The van der Waals surface area contributed by atoms with Crippen molar-refractivity contribution in [2.24, 2.45) is 5.92 Å². The molecular formula is C14H17ClN2O2. The Morgan fingerprint density at radius 3 is 2.58 bits per heavy atom. The molecule has 0 unspecified atom stereocenters. The van der Waals surface area contributed by atoms with Gasteiger partial charge in [-0.1, -0.05) is 11.6 Å². The van der Waals surface area contributed by atoms with Crippen molar-refractivity contribution in [2.75, 3.05) is 18.0 Å². The molecule has 0 spiro atoms. The number of anilines is 1. The highest BCUT2D eigenvalue weighted by Gasteiger charge is 2.33. The molecule has 0 amide bonds. The third kappa shape index (κ3) is 3.18. The summed E-state index contributed by atoms with van der Waals surface area (Å²) < 4.78 is 5.51. The number of ether oxygens (including phenoxy) is 1. The van der Waals surface area contributed by atoms with E-state index >= 15 is 0 Å². The minimum Gasteiger partial charge on any atom is -0.462 e. The highest BCUT2D eigenvalue weighted by molar-refractivity contribution is 6.30. The lowest BCUT2D eigenvalue weighted by molar-refractivity contribution is -0.151. The quantitative estimate of drug-likeness (QED) is 0.799. The highest BCUT2D eigenvalue weighted by atomic mass is 35.5. The van der Waals surface area contributed by atoms with Crippen LogP contribution in [0.1, 0.15) is 25.7 Å². The standard InChI is InChI=1S/C14H17ClN2O2/c15-11-3-4-13(16-9-11)17-7-5-12(6-8-17)19-14(18)10-1-2-10/h3-4,9-10,12H,1-2,5-8H2. The number of pyridine rings is 1. The first-order chi connectivity index (χ1) is 9.22. The molecule has 1 saturated heterocycles. The molecule has 0 bridgehead atoms. The molecule has 102 valence electrons. The monoisotopic (exact) mass is 280 g/mol. The first-order valence-corrected chi connectivity index (χ1v) is 7.17. The van der Waals surface area contributed by atoms with Crippen LogP contribution in [0.25, 0.3) is 0 Å². The molecule has 1 aromatic rings. The van der Waals surface area contributed by atoms with Crippen LogP contribution in [0.4, 0.5) is 5.82 Å². The number of nitrogens with zero attached hydrogens (tertiary/aromatic N) is 2. The fourth-order valence-corrected chi connectivity index (χ4v) is 2.45. The summed E-state index contributed by atoms with van der Waals surface area (Å²) in [7, 11) is 0. The summed E-state index contributed by atoms with van der Waals surface area (Å²) in [5.74, 6) is 1.13. The number of esters is 1. The zero-order valence-corrected chi connectivity index (χ0v) is 11.5. The van der Waals surface area contributed by atoms with E-state index in [2.05, 4.69) is 9.88 Å². The Morgan fingerprint density at radius 2 is 2.00 bits per heavy atom. The first-order valence-electron chi connectivity index (χ1n) is 6.79. The molecule has 2 heterocycles. The van der Waals surface area contributed by atoms with Crippen molar-refractivity contribution in [3.8, 4) is 0 Å². The molecule has 1 saturated carbocycles. The van der Waals surface area contributed by atoms with Crippen molar-refractivity contribution in [3.05, 3.63) is 23.4 Å². The molecule has 2 aliphatic rings. The van der Waals surface area contributed by atoms with Gasteiger partial charge in [0.25, 0.3) is 0 Å². The number of halogens is 1. The second kappa shape index (κ2) is 5.37. The number of carbonyl (C=O) groups is 1. The SMILES string of the molecule is O=C(OC1CCN(c2ccc(Cl)cn2)CC1)C1CC1. The molecule has 2 fully saturated rings. The van der Waals surface area contributed by atoms with E-state index in [-0.39, 0.29) is 18.0 Å². The van der Waals surface area contributed by atoms with E-state index in [1.54, 1.807) is 6.20 Å².